The van der Waals surface area contributed by atoms with Crippen LogP contribution >= 0.6 is 0 Å². The summed E-state index contributed by atoms with van der Waals surface area (Å²) < 4.78 is 5.27. The van der Waals surface area contributed by atoms with Gasteiger partial charge in [0, 0.05) is 17.5 Å². The highest BCUT2D eigenvalue weighted by Gasteiger charge is 2.23. The van der Waals surface area contributed by atoms with E-state index >= 15 is 0 Å². The highest BCUT2D eigenvalue weighted by molar-refractivity contribution is 5.86. The SMILES string of the molecule is COc1ccc2c(C3CCC(O)CC3)nccc2c1. The van der Waals surface area contributed by atoms with Gasteiger partial charge in [0.2, 0.25) is 0 Å². The first-order valence-corrected chi connectivity index (χ1v) is 6.88. The van der Waals surface area contributed by atoms with E-state index in [0.29, 0.717) is 5.92 Å². The average molecular weight is 257 g/mol. The lowest BCUT2D eigenvalue weighted by atomic mass is 9.83. The van der Waals surface area contributed by atoms with Gasteiger partial charge in [0.15, 0.2) is 0 Å². The molecular weight excluding hydrogens is 238 g/mol. The maximum Gasteiger partial charge on any atom is 0.119 e. The van der Waals surface area contributed by atoms with Crippen LogP contribution in [-0.4, -0.2) is 23.3 Å². The molecule has 3 nitrogen and oxygen atoms in total. The molecule has 2 aromatic rings. The van der Waals surface area contributed by atoms with Crippen LogP contribution in [0.2, 0.25) is 0 Å². The van der Waals surface area contributed by atoms with Gasteiger partial charge >= 0.3 is 0 Å². The lowest BCUT2D eigenvalue weighted by molar-refractivity contribution is 0.122. The number of rotatable bonds is 2. The molecule has 0 unspecified atom stereocenters. The molecule has 1 aliphatic rings. The number of fused-ring (bicyclic) bond motifs is 1. The summed E-state index contributed by atoms with van der Waals surface area (Å²) >= 11 is 0. The lowest BCUT2D eigenvalue weighted by Gasteiger charge is -2.25. The zero-order chi connectivity index (χ0) is 13.2. The van der Waals surface area contributed by atoms with Gasteiger partial charge in [0.25, 0.3) is 0 Å². The summed E-state index contributed by atoms with van der Waals surface area (Å²) in [5.74, 6) is 1.35. The standard InChI is InChI=1S/C16H19NO2/c1-19-14-6-7-15-12(10-14)8-9-17-16(15)11-2-4-13(18)5-3-11/h6-11,13,18H,2-5H2,1H3. The number of nitrogens with zero attached hydrogens (tertiary/aromatic N) is 1. The number of aliphatic hydroxyl groups is 1. The van der Waals surface area contributed by atoms with E-state index in [1.54, 1.807) is 7.11 Å². The summed E-state index contributed by atoms with van der Waals surface area (Å²) in [5, 5.41) is 12.0. The molecule has 0 spiro atoms. The molecule has 0 radical (unpaired) electrons. The van der Waals surface area contributed by atoms with Gasteiger partial charge < -0.3 is 9.84 Å². The smallest absolute Gasteiger partial charge is 0.119 e. The van der Waals surface area contributed by atoms with Gasteiger partial charge in [0.1, 0.15) is 5.75 Å². The van der Waals surface area contributed by atoms with Crippen molar-refractivity contribution in [3.05, 3.63) is 36.2 Å². The highest BCUT2D eigenvalue weighted by atomic mass is 16.5. The van der Waals surface area contributed by atoms with E-state index in [1.807, 2.05) is 18.3 Å². The predicted octanol–water partition coefficient (Wildman–Crippen LogP) is 3.26. The zero-order valence-corrected chi connectivity index (χ0v) is 11.2. The van der Waals surface area contributed by atoms with Crippen molar-refractivity contribution in [2.24, 2.45) is 0 Å². The summed E-state index contributed by atoms with van der Waals surface area (Å²) in [6, 6.07) is 8.17. The molecule has 1 aromatic heterocycles. The molecular formula is C16H19NO2. The molecule has 1 heterocycles. The van der Waals surface area contributed by atoms with Crippen molar-refractivity contribution < 1.29 is 9.84 Å². The largest absolute Gasteiger partial charge is 0.497 e. The molecule has 3 heteroatoms. The van der Waals surface area contributed by atoms with Gasteiger partial charge in [0.05, 0.1) is 18.9 Å². The maximum absolute atomic E-state index is 9.62. The Morgan fingerprint density at radius 2 is 1.95 bits per heavy atom. The molecule has 100 valence electrons. The topological polar surface area (TPSA) is 42.4 Å². The van der Waals surface area contributed by atoms with Crippen molar-refractivity contribution in [1.82, 2.24) is 4.98 Å². The number of aromatic nitrogens is 1. The molecule has 1 N–H and O–H groups in total. The molecule has 0 atom stereocenters. The molecule has 1 fully saturated rings. The van der Waals surface area contributed by atoms with E-state index in [2.05, 4.69) is 17.1 Å². The zero-order valence-electron chi connectivity index (χ0n) is 11.2. The molecule has 1 saturated carbocycles. The number of ether oxygens (including phenoxy) is 1. The Bertz CT molecular complexity index is 574. The van der Waals surface area contributed by atoms with Gasteiger partial charge in [-0.2, -0.15) is 0 Å². The molecule has 0 amide bonds. The summed E-state index contributed by atoms with van der Waals surface area (Å²) in [6.07, 6.45) is 5.59. The van der Waals surface area contributed by atoms with Crippen LogP contribution in [0, 0.1) is 0 Å². The number of pyridine rings is 1. The summed E-state index contributed by atoms with van der Waals surface area (Å²) in [4.78, 5) is 4.59. The lowest BCUT2D eigenvalue weighted by Crippen LogP contribution is -2.17. The fourth-order valence-corrected chi connectivity index (χ4v) is 2.98. The second-order valence-corrected chi connectivity index (χ2v) is 5.29. The van der Waals surface area contributed by atoms with Crippen molar-refractivity contribution in [3.63, 3.8) is 0 Å². The van der Waals surface area contributed by atoms with Crippen LogP contribution in [0.5, 0.6) is 5.75 Å². The van der Waals surface area contributed by atoms with Gasteiger partial charge in [-0.15, -0.1) is 0 Å². The van der Waals surface area contributed by atoms with Crippen LogP contribution in [0.3, 0.4) is 0 Å². The quantitative estimate of drug-likeness (QED) is 0.898. The second-order valence-electron chi connectivity index (χ2n) is 5.29. The van der Waals surface area contributed by atoms with Crippen LogP contribution in [-0.2, 0) is 0 Å². The third-order valence-corrected chi connectivity index (χ3v) is 4.09. The van der Waals surface area contributed by atoms with Crippen molar-refractivity contribution in [1.29, 1.82) is 0 Å². The first-order chi connectivity index (χ1) is 9.28. The van der Waals surface area contributed by atoms with E-state index in [1.165, 1.54) is 16.5 Å². The predicted molar refractivity (Wildman–Crippen MR) is 75.5 cm³/mol. The van der Waals surface area contributed by atoms with Crippen molar-refractivity contribution in [2.45, 2.75) is 37.7 Å². The van der Waals surface area contributed by atoms with E-state index in [0.717, 1.165) is 31.4 Å². The van der Waals surface area contributed by atoms with Crippen molar-refractivity contribution in [3.8, 4) is 5.75 Å². The minimum atomic E-state index is -0.119. The summed E-state index contributed by atoms with van der Waals surface area (Å²) in [5.41, 5.74) is 1.17. The summed E-state index contributed by atoms with van der Waals surface area (Å²) in [6.45, 7) is 0. The summed E-state index contributed by atoms with van der Waals surface area (Å²) in [7, 11) is 1.69. The van der Waals surface area contributed by atoms with Crippen molar-refractivity contribution in [2.75, 3.05) is 7.11 Å². The fraction of sp³-hybridized carbons (Fsp3) is 0.438. The number of hydrogen-bond acceptors (Lipinski definition) is 3. The minimum Gasteiger partial charge on any atom is -0.497 e. The fourth-order valence-electron chi connectivity index (χ4n) is 2.98. The number of aliphatic hydroxyl groups excluding tert-OH is 1. The van der Waals surface area contributed by atoms with Crippen LogP contribution in [0.15, 0.2) is 30.5 Å². The molecule has 19 heavy (non-hydrogen) atoms. The Balaban J connectivity index is 1.99. The van der Waals surface area contributed by atoms with Crippen molar-refractivity contribution >= 4 is 10.8 Å². The average Bonchev–Trinajstić information content (AvgIpc) is 2.47. The Hall–Kier alpha value is -1.61. The second kappa shape index (κ2) is 5.17. The van der Waals surface area contributed by atoms with Gasteiger partial charge in [-0.25, -0.2) is 0 Å². The van der Waals surface area contributed by atoms with E-state index in [-0.39, 0.29) is 6.10 Å². The molecule has 0 aliphatic heterocycles. The van der Waals surface area contributed by atoms with E-state index < -0.39 is 0 Å². The van der Waals surface area contributed by atoms with Gasteiger partial charge in [-0.1, -0.05) is 0 Å². The first kappa shape index (κ1) is 12.4. The van der Waals surface area contributed by atoms with Crippen LogP contribution in [0.25, 0.3) is 10.8 Å². The van der Waals surface area contributed by atoms with Crippen LogP contribution in [0.1, 0.15) is 37.3 Å². The molecule has 0 saturated heterocycles. The third-order valence-electron chi connectivity index (χ3n) is 4.09. The monoisotopic (exact) mass is 257 g/mol. The van der Waals surface area contributed by atoms with E-state index in [9.17, 15) is 5.11 Å². The molecule has 1 aromatic carbocycles. The number of benzene rings is 1. The molecule has 3 rings (SSSR count). The third kappa shape index (κ3) is 2.43. The normalized spacial score (nSPS) is 23.5. The number of hydrogen-bond donors (Lipinski definition) is 1. The van der Waals surface area contributed by atoms with Crippen LogP contribution in [0.4, 0.5) is 0 Å². The van der Waals surface area contributed by atoms with E-state index in [4.69, 9.17) is 4.74 Å². The molecule has 0 bridgehead atoms. The van der Waals surface area contributed by atoms with Crippen LogP contribution < -0.4 is 4.74 Å². The molecule has 1 aliphatic carbocycles. The first-order valence-electron chi connectivity index (χ1n) is 6.88. The Morgan fingerprint density at radius 3 is 2.68 bits per heavy atom. The Morgan fingerprint density at radius 1 is 1.16 bits per heavy atom. The van der Waals surface area contributed by atoms with Gasteiger partial charge in [-0.05, 0) is 55.3 Å². The van der Waals surface area contributed by atoms with Gasteiger partial charge in [-0.3, -0.25) is 4.98 Å². The Labute approximate surface area is 113 Å². The Kier molecular flexibility index (Phi) is 3.38. The maximum atomic E-state index is 9.62. The highest BCUT2D eigenvalue weighted by Crippen LogP contribution is 2.35. The minimum absolute atomic E-state index is 0.119. The number of methoxy groups -OCH3 is 1.